The summed E-state index contributed by atoms with van der Waals surface area (Å²) in [7, 11) is 3.11. The van der Waals surface area contributed by atoms with Gasteiger partial charge in [0, 0.05) is 24.1 Å². The SMILES string of the molecule is COc1ccc(OC)c(NC(=O)c2ccc(CN3C(=O)CCn4nc(C)cc43)cc2)c1. The number of ether oxygens (including phenoxy) is 2. The van der Waals surface area contributed by atoms with Gasteiger partial charge in [-0.2, -0.15) is 5.10 Å². The molecule has 2 aromatic carbocycles. The number of carbonyl (C=O) groups is 2. The maximum atomic E-state index is 12.7. The molecule has 2 amide bonds. The van der Waals surface area contributed by atoms with E-state index in [1.165, 1.54) is 0 Å². The zero-order valence-corrected chi connectivity index (χ0v) is 17.7. The van der Waals surface area contributed by atoms with Crippen molar-refractivity contribution in [3.63, 3.8) is 0 Å². The average Bonchev–Trinajstić information content (AvgIpc) is 3.16. The van der Waals surface area contributed by atoms with Crippen molar-refractivity contribution in [1.29, 1.82) is 0 Å². The fourth-order valence-corrected chi connectivity index (χ4v) is 3.60. The third kappa shape index (κ3) is 4.23. The topological polar surface area (TPSA) is 85.7 Å². The first-order valence-electron chi connectivity index (χ1n) is 9.95. The van der Waals surface area contributed by atoms with Crippen molar-refractivity contribution in [3.8, 4) is 11.5 Å². The number of carbonyl (C=O) groups excluding carboxylic acids is 2. The molecule has 4 rings (SSSR count). The molecule has 0 radical (unpaired) electrons. The number of methoxy groups -OCH3 is 2. The number of rotatable bonds is 6. The largest absolute Gasteiger partial charge is 0.497 e. The van der Waals surface area contributed by atoms with Crippen molar-refractivity contribution < 1.29 is 19.1 Å². The maximum Gasteiger partial charge on any atom is 0.255 e. The Hall–Kier alpha value is -3.81. The van der Waals surface area contributed by atoms with Gasteiger partial charge in [0.1, 0.15) is 17.3 Å². The monoisotopic (exact) mass is 420 g/mol. The van der Waals surface area contributed by atoms with Gasteiger partial charge in [0.15, 0.2) is 0 Å². The Balaban J connectivity index is 1.49. The number of fused-ring (bicyclic) bond motifs is 1. The minimum Gasteiger partial charge on any atom is -0.497 e. The standard InChI is InChI=1S/C23H24N4O4/c1-15-12-21-26(22(28)10-11-27(21)25-15)14-16-4-6-17(7-5-16)23(29)24-19-13-18(30-2)8-9-20(19)31-3/h4-9,12-13H,10-11,14H2,1-3H3,(H,24,29). The number of amides is 2. The zero-order chi connectivity index (χ0) is 22.0. The second-order valence-electron chi connectivity index (χ2n) is 7.31. The van der Waals surface area contributed by atoms with E-state index >= 15 is 0 Å². The fraction of sp³-hybridized carbons (Fsp3) is 0.261. The minimum absolute atomic E-state index is 0.0688. The van der Waals surface area contributed by atoms with E-state index in [1.54, 1.807) is 49.5 Å². The van der Waals surface area contributed by atoms with Crippen LogP contribution in [-0.4, -0.2) is 35.8 Å². The highest BCUT2D eigenvalue weighted by Crippen LogP contribution is 2.29. The number of benzene rings is 2. The molecular weight excluding hydrogens is 396 g/mol. The summed E-state index contributed by atoms with van der Waals surface area (Å²) in [6, 6.07) is 14.3. The van der Waals surface area contributed by atoms with E-state index in [0.717, 1.165) is 17.1 Å². The Morgan fingerprint density at radius 1 is 1.10 bits per heavy atom. The van der Waals surface area contributed by atoms with E-state index in [9.17, 15) is 9.59 Å². The molecule has 0 saturated carbocycles. The number of aromatic nitrogens is 2. The summed E-state index contributed by atoms with van der Waals surface area (Å²) in [5.74, 6) is 1.77. The van der Waals surface area contributed by atoms with E-state index < -0.39 is 0 Å². The van der Waals surface area contributed by atoms with Crippen molar-refractivity contribution in [3.05, 3.63) is 65.4 Å². The second kappa shape index (κ2) is 8.51. The molecule has 0 aliphatic carbocycles. The molecule has 2 heterocycles. The van der Waals surface area contributed by atoms with Crippen LogP contribution in [0, 0.1) is 6.92 Å². The number of nitrogens with zero attached hydrogens (tertiary/aromatic N) is 3. The molecule has 1 N–H and O–H groups in total. The van der Waals surface area contributed by atoms with Crippen molar-refractivity contribution in [2.24, 2.45) is 0 Å². The Labute approximate surface area is 180 Å². The summed E-state index contributed by atoms with van der Waals surface area (Å²) in [5.41, 5.74) is 2.84. The van der Waals surface area contributed by atoms with Crippen molar-refractivity contribution in [1.82, 2.24) is 9.78 Å². The molecule has 0 spiro atoms. The first-order valence-corrected chi connectivity index (χ1v) is 9.95. The van der Waals surface area contributed by atoms with Crippen LogP contribution in [0.25, 0.3) is 0 Å². The van der Waals surface area contributed by atoms with Crippen LogP contribution in [-0.2, 0) is 17.9 Å². The van der Waals surface area contributed by atoms with E-state index in [2.05, 4.69) is 10.4 Å². The minimum atomic E-state index is -0.263. The molecular formula is C23H24N4O4. The molecule has 3 aromatic rings. The molecule has 0 bridgehead atoms. The van der Waals surface area contributed by atoms with Crippen molar-refractivity contribution in [2.75, 3.05) is 24.4 Å². The van der Waals surface area contributed by atoms with Crippen LogP contribution in [0.3, 0.4) is 0 Å². The summed E-state index contributed by atoms with van der Waals surface area (Å²) in [6.45, 7) is 2.94. The van der Waals surface area contributed by atoms with Crippen LogP contribution < -0.4 is 19.7 Å². The van der Waals surface area contributed by atoms with Crippen molar-refractivity contribution in [2.45, 2.75) is 26.4 Å². The highest BCUT2D eigenvalue weighted by molar-refractivity contribution is 6.05. The number of nitrogens with one attached hydrogen (secondary N) is 1. The van der Waals surface area contributed by atoms with Gasteiger partial charge in [0.2, 0.25) is 5.91 Å². The van der Waals surface area contributed by atoms with Gasteiger partial charge in [-0.15, -0.1) is 0 Å². The highest BCUT2D eigenvalue weighted by Gasteiger charge is 2.25. The van der Waals surface area contributed by atoms with Crippen LogP contribution in [0.2, 0.25) is 0 Å². The van der Waals surface area contributed by atoms with Gasteiger partial charge in [-0.05, 0) is 36.8 Å². The Bertz CT molecular complexity index is 1120. The van der Waals surface area contributed by atoms with E-state index in [-0.39, 0.29) is 11.8 Å². The first-order chi connectivity index (χ1) is 15.0. The molecule has 1 aliphatic rings. The molecule has 1 aromatic heterocycles. The quantitative estimate of drug-likeness (QED) is 0.661. The Morgan fingerprint density at radius 2 is 1.87 bits per heavy atom. The lowest BCUT2D eigenvalue weighted by Gasteiger charge is -2.27. The highest BCUT2D eigenvalue weighted by atomic mass is 16.5. The third-order valence-electron chi connectivity index (χ3n) is 5.21. The fourth-order valence-electron chi connectivity index (χ4n) is 3.60. The summed E-state index contributed by atoms with van der Waals surface area (Å²) in [5, 5.41) is 7.29. The summed E-state index contributed by atoms with van der Waals surface area (Å²) in [6.07, 6.45) is 0.428. The van der Waals surface area contributed by atoms with Crippen LogP contribution in [0.1, 0.15) is 28.0 Å². The smallest absolute Gasteiger partial charge is 0.255 e. The van der Waals surface area contributed by atoms with Gasteiger partial charge in [-0.3, -0.25) is 14.5 Å². The molecule has 8 heteroatoms. The van der Waals surface area contributed by atoms with Crippen LogP contribution >= 0.6 is 0 Å². The average molecular weight is 420 g/mol. The van der Waals surface area contributed by atoms with Crippen LogP contribution in [0.4, 0.5) is 11.5 Å². The van der Waals surface area contributed by atoms with Gasteiger partial charge in [-0.25, -0.2) is 4.68 Å². The third-order valence-corrected chi connectivity index (χ3v) is 5.21. The van der Waals surface area contributed by atoms with E-state index in [4.69, 9.17) is 9.47 Å². The van der Waals surface area contributed by atoms with E-state index in [1.807, 2.05) is 29.8 Å². The van der Waals surface area contributed by atoms with E-state index in [0.29, 0.717) is 42.3 Å². The van der Waals surface area contributed by atoms with Crippen molar-refractivity contribution >= 4 is 23.3 Å². The zero-order valence-electron chi connectivity index (χ0n) is 17.7. The van der Waals surface area contributed by atoms with Gasteiger partial charge in [-0.1, -0.05) is 12.1 Å². The maximum absolute atomic E-state index is 12.7. The lowest BCUT2D eigenvalue weighted by Crippen LogP contribution is -2.36. The van der Waals surface area contributed by atoms with Gasteiger partial charge in [0.25, 0.3) is 5.91 Å². The molecule has 0 saturated heterocycles. The van der Waals surface area contributed by atoms with Gasteiger partial charge >= 0.3 is 0 Å². The lowest BCUT2D eigenvalue weighted by atomic mass is 10.1. The number of anilines is 2. The Morgan fingerprint density at radius 3 is 2.58 bits per heavy atom. The molecule has 0 fully saturated rings. The van der Waals surface area contributed by atoms with Gasteiger partial charge < -0.3 is 14.8 Å². The normalized spacial score (nSPS) is 13.0. The predicted molar refractivity (Wildman–Crippen MR) is 117 cm³/mol. The summed E-state index contributed by atoms with van der Waals surface area (Å²) < 4.78 is 12.4. The molecule has 160 valence electrons. The van der Waals surface area contributed by atoms with Gasteiger partial charge in [0.05, 0.1) is 38.7 Å². The Kier molecular flexibility index (Phi) is 5.62. The van der Waals surface area contributed by atoms with Crippen LogP contribution in [0.5, 0.6) is 11.5 Å². The second-order valence-corrected chi connectivity index (χ2v) is 7.31. The lowest BCUT2D eigenvalue weighted by molar-refractivity contribution is -0.119. The molecule has 1 aliphatic heterocycles. The number of aryl methyl sites for hydroxylation is 2. The molecule has 0 atom stereocenters. The number of hydrogen-bond donors (Lipinski definition) is 1. The molecule has 0 unspecified atom stereocenters. The number of hydrogen-bond acceptors (Lipinski definition) is 5. The molecule has 8 nitrogen and oxygen atoms in total. The predicted octanol–water partition coefficient (Wildman–Crippen LogP) is 3.40. The summed E-state index contributed by atoms with van der Waals surface area (Å²) >= 11 is 0. The first kappa shape index (κ1) is 20.5. The summed E-state index contributed by atoms with van der Waals surface area (Å²) in [4.78, 5) is 26.9. The van der Waals surface area contributed by atoms with Crippen LogP contribution in [0.15, 0.2) is 48.5 Å². The molecule has 31 heavy (non-hydrogen) atoms.